The molecule has 4 heteroatoms. The van der Waals surface area contributed by atoms with Crippen molar-refractivity contribution in [1.29, 1.82) is 0 Å². The molecule has 1 N–H and O–H groups in total. The van der Waals surface area contributed by atoms with E-state index in [-0.39, 0.29) is 4.90 Å². The summed E-state index contributed by atoms with van der Waals surface area (Å²) in [4.78, 5) is 0.266. The first-order valence-electron chi connectivity index (χ1n) is 6.32. The average molecular weight is 270 g/mol. The number of benzene rings is 1. The first-order chi connectivity index (χ1) is 8.34. The van der Waals surface area contributed by atoms with Crippen molar-refractivity contribution in [3.05, 3.63) is 29.8 Å². The summed E-state index contributed by atoms with van der Waals surface area (Å²) in [5, 5.41) is 10.1. The van der Waals surface area contributed by atoms with Crippen LogP contribution in [0.4, 0.5) is 0 Å². The molecule has 3 nitrogen and oxygen atoms in total. The Hall–Kier alpha value is -0.870. The van der Waals surface area contributed by atoms with Crippen LogP contribution in [0.1, 0.15) is 44.8 Å². The van der Waals surface area contributed by atoms with Crippen LogP contribution in [0.5, 0.6) is 0 Å². The highest BCUT2D eigenvalue weighted by Gasteiger charge is 2.14. The van der Waals surface area contributed by atoms with Crippen LogP contribution in [0.25, 0.3) is 0 Å². The van der Waals surface area contributed by atoms with Gasteiger partial charge in [-0.2, -0.15) is 0 Å². The lowest BCUT2D eigenvalue weighted by Crippen LogP contribution is -2.06. The predicted octanol–water partition coefficient (Wildman–Crippen LogP) is 2.95. The van der Waals surface area contributed by atoms with Crippen LogP contribution < -0.4 is 0 Å². The maximum absolute atomic E-state index is 11.5. The van der Waals surface area contributed by atoms with Gasteiger partial charge in [-0.1, -0.05) is 38.8 Å². The van der Waals surface area contributed by atoms with Crippen LogP contribution >= 0.6 is 0 Å². The van der Waals surface area contributed by atoms with Crippen LogP contribution in [0.2, 0.25) is 0 Å². The molecule has 0 aliphatic carbocycles. The van der Waals surface area contributed by atoms with Gasteiger partial charge in [0.05, 0.1) is 11.0 Å². The Balaban J connectivity index is 2.84. The molecule has 1 rings (SSSR count). The lowest BCUT2D eigenvalue weighted by Gasteiger charge is -2.16. The van der Waals surface area contributed by atoms with Crippen molar-refractivity contribution in [3.8, 4) is 0 Å². The second-order valence-corrected chi connectivity index (χ2v) is 7.01. The first-order valence-corrected chi connectivity index (χ1v) is 8.21. The molecule has 1 aromatic carbocycles. The van der Waals surface area contributed by atoms with E-state index >= 15 is 0 Å². The van der Waals surface area contributed by atoms with Crippen molar-refractivity contribution in [3.63, 3.8) is 0 Å². The Labute approximate surface area is 110 Å². The van der Waals surface area contributed by atoms with Gasteiger partial charge in [0, 0.05) is 6.26 Å². The summed E-state index contributed by atoms with van der Waals surface area (Å²) >= 11 is 0. The molecule has 0 aromatic heterocycles. The molecule has 102 valence electrons. The Bertz CT molecular complexity index is 480. The number of aliphatic hydroxyl groups is 1. The molecule has 0 saturated heterocycles. The second kappa shape index (κ2) is 6.34. The average Bonchev–Trinajstić information content (AvgIpc) is 2.28. The minimum absolute atomic E-state index is 0.266. The molecule has 18 heavy (non-hydrogen) atoms. The van der Waals surface area contributed by atoms with Gasteiger partial charge in [-0.05, 0) is 30.0 Å². The maximum Gasteiger partial charge on any atom is 0.175 e. The first kappa shape index (κ1) is 15.2. The fourth-order valence-corrected chi connectivity index (χ4v) is 2.76. The van der Waals surface area contributed by atoms with Crippen LogP contribution in [0.3, 0.4) is 0 Å². The van der Waals surface area contributed by atoms with Crippen LogP contribution in [-0.4, -0.2) is 19.8 Å². The highest BCUT2D eigenvalue weighted by molar-refractivity contribution is 7.90. The highest BCUT2D eigenvalue weighted by atomic mass is 32.2. The Morgan fingerprint density at radius 3 is 2.56 bits per heavy atom. The zero-order valence-corrected chi connectivity index (χ0v) is 12.1. The molecule has 0 radical (unpaired) electrons. The largest absolute Gasteiger partial charge is 0.388 e. The number of rotatable bonds is 6. The van der Waals surface area contributed by atoms with Gasteiger partial charge in [0.2, 0.25) is 0 Å². The maximum atomic E-state index is 11.5. The Kier molecular flexibility index (Phi) is 5.35. The molecule has 1 aromatic rings. The van der Waals surface area contributed by atoms with Gasteiger partial charge in [0.25, 0.3) is 0 Å². The lowest BCUT2D eigenvalue weighted by molar-refractivity contribution is 0.145. The molecular formula is C14H22O3S. The van der Waals surface area contributed by atoms with Gasteiger partial charge in [-0.3, -0.25) is 0 Å². The van der Waals surface area contributed by atoms with E-state index < -0.39 is 15.9 Å². The molecule has 2 unspecified atom stereocenters. The zero-order chi connectivity index (χ0) is 13.8. The molecule has 0 aliphatic rings. The minimum Gasteiger partial charge on any atom is -0.388 e. The summed E-state index contributed by atoms with van der Waals surface area (Å²) in [6.07, 6.45) is 3.42. The fraction of sp³-hybridized carbons (Fsp3) is 0.571. The predicted molar refractivity (Wildman–Crippen MR) is 73.2 cm³/mol. The standard InChI is InChI=1S/C14H22O3S/c1-4-6-11(2)9-14(15)12-7-5-8-13(10-12)18(3,16)17/h5,7-8,10-11,14-15H,4,6,9H2,1-3H3. The molecule has 0 heterocycles. The number of hydrogen-bond acceptors (Lipinski definition) is 3. The third-order valence-corrected chi connectivity index (χ3v) is 4.19. The summed E-state index contributed by atoms with van der Waals surface area (Å²) in [5.41, 5.74) is 0.681. The van der Waals surface area contributed by atoms with E-state index in [0.29, 0.717) is 17.9 Å². The SMILES string of the molecule is CCCC(C)CC(O)c1cccc(S(C)(=O)=O)c1. The van der Waals surface area contributed by atoms with E-state index in [2.05, 4.69) is 13.8 Å². The molecule has 0 aliphatic heterocycles. The van der Waals surface area contributed by atoms with E-state index in [0.717, 1.165) is 12.8 Å². The Morgan fingerprint density at radius 2 is 2.00 bits per heavy atom. The fourth-order valence-electron chi connectivity index (χ4n) is 2.08. The molecule has 2 atom stereocenters. The van der Waals surface area contributed by atoms with Crippen LogP contribution in [0, 0.1) is 5.92 Å². The second-order valence-electron chi connectivity index (χ2n) is 4.99. The van der Waals surface area contributed by atoms with E-state index in [1.54, 1.807) is 24.3 Å². The minimum atomic E-state index is -3.21. The van der Waals surface area contributed by atoms with Crippen molar-refractivity contribution < 1.29 is 13.5 Å². The Morgan fingerprint density at radius 1 is 1.33 bits per heavy atom. The summed E-state index contributed by atoms with van der Waals surface area (Å²) < 4.78 is 22.9. The summed E-state index contributed by atoms with van der Waals surface area (Å²) in [7, 11) is -3.21. The molecule has 0 fully saturated rings. The molecule has 0 saturated carbocycles. The van der Waals surface area contributed by atoms with Crippen molar-refractivity contribution in [2.45, 2.75) is 44.1 Å². The van der Waals surface area contributed by atoms with Crippen LogP contribution in [-0.2, 0) is 9.84 Å². The normalized spacial score (nSPS) is 15.3. The third-order valence-electron chi connectivity index (χ3n) is 3.08. The summed E-state index contributed by atoms with van der Waals surface area (Å²) in [5.74, 6) is 0.437. The van der Waals surface area contributed by atoms with Crippen LogP contribution in [0.15, 0.2) is 29.2 Å². The molecule has 0 bridgehead atoms. The topological polar surface area (TPSA) is 54.4 Å². The van der Waals surface area contributed by atoms with Gasteiger partial charge >= 0.3 is 0 Å². The van der Waals surface area contributed by atoms with Crippen molar-refractivity contribution >= 4 is 9.84 Å². The molecular weight excluding hydrogens is 248 g/mol. The van der Waals surface area contributed by atoms with E-state index in [4.69, 9.17) is 0 Å². The van der Waals surface area contributed by atoms with E-state index in [9.17, 15) is 13.5 Å². The van der Waals surface area contributed by atoms with Gasteiger partial charge in [-0.15, -0.1) is 0 Å². The molecule has 0 spiro atoms. The number of hydrogen-bond donors (Lipinski definition) is 1. The van der Waals surface area contributed by atoms with E-state index in [1.165, 1.54) is 6.26 Å². The van der Waals surface area contributed by atoms with Gasteiger partial charge in [0.15, 0.2) is 9.84 Å². The van der Waals surface area contributed by atoms with Gasteiger partial charge in [-0.25, -0.2) is 8.42 Å². The zero-order valence-electron chi connectivity index (χ0n) is 11.3. The van der Waals surface area contributed by atoms with Crippen molar-refractivity contribution in [1.82, 2.24) is 0 Å². The summed E-state index contributed by atoms with van der Waals surface area (Å²) in [6.45, 7) is 4.22. The van der Waals surface area contributed by atoms with Gasteiger partial charge in [0.1, 0.15) is 0 Å². The number of aliphatic hydroxyl groups excluding tert-OH is 1. The lowest BCUT2D eigenvalue weighted by atomic mass is 9.95. The summed E-state index contributed by atoms with van der Waals surface area (Å²) in [6, 6.07) is 6.58. The quantitative estimate of drug-likeness (QED) is 0.864. The highest BCUT2D eigenvalue weighted by Crippen LogP contribution is 2.25. The van der Waals surface area contributed by atoms with E-state index in [1.807, 2.05) is 0 Å². The molecule has 0 amide bonds. The van der Waals surface area contributed by atoms with Crippen molar-refractivity contribution in [2.24, 2.45) is 5.92 Å². The third kappa shape index (κ3) is 4.42. The van der Waals surface area contributed by atoms with Gasteiger partial charge < -0.3 is 5.11 Å². The monoisotopic (exact) mass is 270 g/mol. The number of sulfone groups is 1. The van der Waals surface area contributed by atoms with Crippen molar-refractivity contribution in [2.75, 3.05) is 6.26 Å². The smallest absolute Gasteiger partial charge is 0.175 e.